The standard InChI is InChI=1S/C17H30O6/c1-12(10-18)7-8-20-13(9-15(19)23-16(2,3)4)14-11-21-17(5,6)22-14/h13-14,18H,1,7-11H2,2-6H3/t13-,14+/m0/s1. The summed E-state index contributed by atoms with van der Waals surface area (Å²) in [6.07, 6.45) is -0.177. The van der Waals surface area contributed by atoms with Gasteiger partial charge in [-0.15, -0.1) is 0 Å². The van der Waals surface area contributed by atoms with E-state index in [4.69, 9.17) is 24.1 Å². The zero-order valence-electron chi connectivity index (χ0n) is 14.9. The Kier molecular flexibility index (Phi) is 7.20. The van der Waals surface area contributed by atoms with Crippen LogP contribution < -0.4 is 0 Å². The molecule has 1 rings (SSSR count). The highest BCUT2D eigenvalue weighted by Crippen LogP contribution is 2.27. The first-order valence-corrected chi connectivity index (χ1v) is 7.95. The van der Waals surface area contributed by atoms with Gasteiger partial charge in [0.1, 0.15) is 11.7 Å². The Bertz CT molecular complexity index is 410. The first-order valence-electron chi connectivity index (χ1n) is 7.95. The van der Waals surface area contributed by atoms with Crippen molar-refractivity contribution in [3.8, 4) is 0 Å². The molecular formula is C17H30O6. The predicted octanol–water partition coefficient (Wildman–Crippen LogP) is 2.19. The van der Waals surface area contributed by atoms with Crippen LogP contribution in [0.15, 0.2) is 12.2 Å². The number of aliphatic hydroxyl groups excluding tert-OH is 1. The number of aliphatic hydroxyl groups is 1. The molecule has 1 N–H and O–H groups in total. The monoisotopic (exact) mass is 330 g/mol. The fraction of sp³-hybridized carbons (Fsp3) is 0.824. The van der Waals surface area contributed by atoms with Crippen LogP contribution in [0.5, 0.6) is 0 Å². The second kappa shape index (κ2) is 8.24. The van der Waals surface area contributed by atoms with E-state index in [1.54, 1.807) is 0 Å². The summed E-state index contributed by atoms with van der Waals surface area (Å²) in [5.41, 5.74) is 0.143. The highest BCUT2D eigenvalue weighted by atomic mass is 16.7. The predicted molar refractivity (Wildman–Crippen MR) is 85.9 cm³/mol. The Morgan fingerprint density at radius 1 is 1.43 bits per heavy atom. The maximum absolute atomic E-state index is 12.1. The molecule has 23 heavy (non-hydrogen) atoms. The molecule has 1 fully saturated rings. The van der Waals surface area contributed by atoms with Crippen molar-refractivity contribution in [2.75, 3.05) is 19.8 Å². The van der Waals surface area contributed by atoms with Gasteiger partial charge in [-0.1, -0.05) is 6.58 Å². The summed E-state index contributed by atoms with van der Waals surface area (Å²) < 4.78 is 22.5. The molecule has 0 aromatic heterocycles. The molecule has 1 heterocycles. The summed E-state index contributed by atoms with van der Waals surface area (Å²) >= 11 is 0. The third-order valence-electron chi connectivity index (χ3n) is 3.24. The van der Waals surface area contributed by atoms with E-state index in [0.717, 1.165) is 0 Å². The molecule has 1 aliphatic rings. The zero-order chi connectivity index (χ0) is 17.7. The van der Waals surface area contributed by atoms with Gasteiger partial charge < -0.3 is 24.1 Å². The summed E-state index contributed by atoms with van der Waals surface area (Å²) in [5, 5.41) is 8.98. The van der Waals surface area contributed by atoms with Crippen molar-refractivity contribution in [3.63, 3.8) is 0 Å². The lowest BCUT2D eigenvalue weighted by atomic mass is 10.1. The third-order valence-corrected chi connectivity index (χ3v) is 3.24. The van der Waals surface area contributed by atoms with E-state index in [9.17, 15) is 4.79 Å². The lowest BCUT2D eigenvalue weighted by molar-refractivity contribution is -0.170. The van der Waals surface area contributed by atoms with Gasteiger partial charge in [0.25, 0.3) is 0 Å². The van der Waals surface area contributed by atoms with Gasteiger partial charge in [-0.05, 0) is 46.6 Å². The van der Waals surface area contributed by atoms with Gasteiger partial charge in [0.15, 0.2) is 5.79 Å². The largest absolute Gasteiger partial charge is 0.460 e. The van der Waals surface area contributed by atoms with E-state index in [2.05, 4.69) is 6.58 Å². The maximum Gasteiger partial charge on any atom is 0.309 e. The zero-order valence-corrected chi connectivity index (χ0v) is 14.9. The minimum atomic E-state index is -0.686. The number of carbonyl (C=O) groups excluding carboxylic acids is 1. The molecule has 0 aromatic rings. The summed E-state index contributed by atoms with van der Waals surface area (Å²) in [7, 11) is 0. The lowest BCUT2D eigenvalue weighted by Crippen LogP contribution is -2.37. The topological polar surface area (TPSA) is 74.2 Å². The van der Waals surface area contributed by atoms with Crippen LogP contribution in [-0.2, 0) is 23.7 Å². The number of hydrogen-bond acceptors (Lipinski definition) is 6. The maximum atomic E-state index is 12.1. The van der Waals surface area contributed by atoms with Gasteiger partial charge >= 0.3 is 5.97 Å². The Morgan fingerprint density at radius 2 is 2.09 bits per heavy atom. The van der Waals surface area contributed by atoms with Crippen LogP contribution in [0.4, 0.5) is 0 Å². The first-order chi connectivity index (χ1) is 10.5. The molecule has 0 saturated carbocycles. The van der Waals surface area contributed by atoms with Crippen LogP contribution in [0, 0.1) is 0 Å². The lowest BCUT2D eigenvalue weighted by Gasteiger charge is -2.26. The smallest absolute Gasteiger partial charge is 0.309 e. The van der Waals surface area contributed by atoms with Gasteiger partial charge in [-0.25, -0.2) is 0 Å². The number of carbonyl (C=O) groups is 1. The minimum absolute atomic E-state index is 0.0733. The van der Waals surface area contributed by atoms with Crippen molar-refractivity contribution >= 4 is 5.97 Å². The molecule has 6 heteroatoms. The minimum Gasteiger partial charge on any atom is -0.460 e. The fourth-order valence-corrected chi connectivity index (χ4v) is 2.18. The van der Waals surface area contributed by atoms with Crippen LogP contribution in [0.2, 0.25) is 0 Å². The average Bonchev–Trinajstić information content (AvgIpc) is 2.75. The van der Waals surface area contributed by atoms with Crippen LogP contribution in [0.3, 0.4) is 0 Å². The van der Waals surface area contributed by atoms with E-state index >= 15 is 0 Å². The van der Waals surface area contributed by atoms with Gasteiger partial charge in [0.2, 0.25) is 0 Å². The molecule has 0 aliphatic carbocycles. The summed E-state index contributed by atoms with van der Waals surface area (Å²) in [6.45, 7) is 13.5. The van der Waals surface area contributed by atoms with Crippen LogP contribution in [-0.4, -0.2) is 54.5 Å². The average molecular weight is 330 g/mol. The molecule has 2 atom stereocenters. The molecule has 1 aliphatic heterocycles. The molecule has 0 bridgehead atoms. The normalized spacial score (nSPS) is 21.9. The second-order valence-corrected chi connectivity index (χ2v) is 7.23. The van der Waals surface area contributed by atoms with Gasteiger partial charge in [0.05, 0.1) is 32.3 Å². The van der Waals surface area contributed by atoms with Crippen LogP contribution >= 0.6 is 0 Å². The van der Waals surface area contributed by atoms with Crippen molar-refractivity contribution < 1.29 is 28.8 Å². The third kappa shape index (κ3) is 7.92. The van der Waals surface area contributed by atoms with Crippen molar-refractivity contribution in [2.24, 2.45) is 0 Å². The quantitative estimate of drug-likeness (QED) is 0.543. The SMILES string of the molecule is C=C(CO)CCO[C@@H](CC(=O)OC(C)(C)C)[C@H]1COC(C)(C)O1. The highest BCUT2D eigenvalue weighted by Gasteiger charge is 2.39. The molecule has 0 radical (unpaired) electrons. The summed E-state index contributed by atoms with van der Waals surface area (Å²) in [5.74, 6) is -1.02. The molecule has 0 unspecified atom stereocenters. The Labute approximate surface area is 138 Å². The molecule has 1 saturated heterocycles. The summed E-state index contributed by atoms with van der Waals surface area (Å²) in [6, 6.07) is 0. The molecule has 0 amide bonds. The number of rotatable bonds is 8. The first kappa shape index (κ1) is 20.1. The molecule has 134 valence electrons. The second-order valence-electron chi connectivity index (χ2n) is 7.23. The van der Waals surface area contributed by atoms with E-state index in [-0.39, 0.29) is 25.1 Å². The molecule has 0 aromatic carbocycles. The highest BCUT2D eigenvalue weighted by molar-refractivity contribution is 5.70. The van der Waals surface area contributed by atoms with Crippen molar-refractivity contribution in [2.45, 2.75) is 71.1 Å². The molecule has 0 spiro atoms. The molecular weight excluding hydrogens is 300 g/mol. The van der Waals surface area contributed by atoms with Crippen LogP contribution in [0.25, 0.3) is 0 Å². The number of esters is 1. The van der Waals surface area contributed by atoms with E-state index in [1.165, 1.54) is 0 Å². The number of ether oxygens (including phenoxy) is 4. The van der Waals surface area contributed by atoms with E-state index in [0.29, 0.717) is 25.2 Å². The van der Waals surface area contributed by atoms with E-state index < -0.39 is 17.5 Å². The van der Waals surface area contributed by atoms with Gasteiger partial charge in [0, 0.05) is 0 Å². The Morgan fingerprint density at radius 3 is 2.57 bits per heavy atom. The Balaban J connectivity index is 2.61. The van der Waals surface area contributed by atoms with Crippen LogP contribution in [0.1, 0.15) is 47.5 Å². The van der Waals surface area contributed by atoms with Gasteiger partial charge in [-0.3, -0.25) is 4.79 Å². The Hall–Kier alpha value is -0.950. The van der Waals surface area contributed by atoms with Crippen molar-refractivity contribution in [3.05, 3.63) is 12.2 Å². The van der Waals surface area contributed by atoms with E-state index in [1.807, 2.05) is 34.6 Å². The van der Waals surface area contributed by atoms with Gasteiger partial charge in [-0.2, -0.15) is 0 Å². The number of hydrogen-bond donors (Lipinski definition) is 1. The summed E-state index contributed by atoms with van der Waals surface area (Å²) in [4.78, 5) is 12.1. The van der Waals surface area contributed by atoms with Crippen molar-refractivity contribution in [1.82, 2.24) is 0 Å². The van der Waals surface area contributed by atoms with Crippen molar-refractivity contribution in [1.29, 1.82) is 0 Å². The molecule has 6 nitrogen and oxygen atoms in total. The fourth-order valence-electron chi connectivity index (χ4n) is 2.18.